The van der Waals surface area contributed by atoms with Crippen molar-refractivity contribution in [1.29, 1.82) is 0 Å². The molecule has 114 valence electrons. The minimum absolute atomic E-state index is 0.254. The van der Waals surface area contributed by atoms with Gasteiger partial charge in [-0.25, -0.2) is 0 Å². The zero-order valence-electron chi connectivity index (χ0n) is 13.4. The standard InChI is InChI=1S/C19H27NO/c1-14-6-5-11-19(2,3)17(14)10-9-15-7-4-8-16(12-15)18(21)13-20/h4,7-10,12,18,21H,5-6,11,13,20H2,1-3H3. The van der Waals surface area contributed by atoms with Gasteiger partial charge in [0, 0.05) is 6.54 Å². The van der Waals surface area contributed by atoms with Crippen molar-refractivity contribution in [3.05, 3.63) is 52.6 Å². The molecule has 0 radical (unpaired) electrons. The molecular weight excluding hydrogens is 258 g/mol. The maximum atomic E-state index is 9.84. The van der Waals surface area contributed by atoms with Crippen molar-refractivity contribution >= 4 is 6.08 Å². The first-order valence-corrected chi connectivity index (χ1v) is 7.80. The van der Waals surface area contributed by atoms with Gasteiger partial charge in [-0.15, -0.1) is 0 Å². The number of hydrogen-bond acceptors (Lipinski definition) is 2. The summed E-state index contributed by atoms with van der Waals surface area (Å²) in [5.41, 5.74) is 10.7. The van der Waals surface area contributed by atoms with Gasteiger partial charge in [-0.1, -0.05) is 49.8 Å². The third-order valence-corrected chi connectivity index (χ3v) is 4.50. The number of rotatable bonds is 4. The van der Waals surface area contributed by atoms with Crippen LogP contribution in [0.4, 0.5) is 0 Å². The zero-order valence-corrected chi connectivity index (χ0v) is 13.4. The minimum atomic E-state index is -0.578. The molecule has 1 aliphatic carbocycles. The van der Waals surface area contributed by atoms with Crippen molar-refractivity contribution in [1.82, 2.24) is 0 Å². The molecule has 1 unspecified atom stereocenters. The summed E-state index contributed by atoms with van der Waals surface area (Å²) in [6, 6.07) is 7.97. The van der Waals surface area contributed by atoms with Crippen molar-refractivity contribution in [3.63, 3.8) is 0 Å². The summed E-state index contributed by atoms with van der Waals surface area (Å²) in [6.45, 7) is 7.15. The molecule has 1 atom stereocenters. The van der Waals surface area contributed by atoms with Crippen LogP contribution < -0.4 is 5.73 Å². The molecule has 3 N–H and O–H groups in total. The Bertz CT molecular complexity index is 554. The van der Waals surface area contributed by atoms with Gasteiger partial charge in [-0.2, -0.15) is 0 Å². The Morgan fingerprint density at radius 3 is 2.76 bits per heavy atom. The van der Waals surface area contributed by atoms with Crippen LogP contribution in [0.15, 0.2) is 41.5 Å². The van der Waals surface area contributed by atoms with E-state index in [0.717, 1.165) is 11.1 Å². The molecule has 2 rings (SSSR count). The van der Waals surface area contributed by atoms with E-state index in [1.54, 1.807) is 0 Å². The van der Waals surface area contributed by atoms with Crippen LogP contribution in [-0.4, -0.2) is 11.7 Å². The van der Waals surface area contributed by atoms with Crippen LogP contribution in [0.2, 0.25) is 0 Å². The fourth-order valence-electron chi connectivity index (χ4n) is 3.20. The molecule has 21 heavy (non-hydrogen) atoms. The van der Waals surface area contributed by atoms with E-state index >= 15 is 0 Å². The lowest BCUT2D eigenvalue weighted by Gasteiger charge is -2.32. The molecule has 1 aromatic carbocycles. The molecule has 0 aromatic heterocycles. The molecule has 1 aliphatic rings. The monoisotopic (exact) mass is 285 g/mol. The molecule has 0 saturated carbocycles. The van der Waals surface area contributed by atoms with E-state index in [9.17, 15) is 5.11 Å². The molecular formula is C19H27NO. The fourth-order valence-corrected chi connectivity index (χ4v) is 3.20. The predicted molar refractivity (Wildman–Crippen MR) is 89.8 cm³/mol. The van der Waals surface area contributed by atoms with Crippen molar-refractivity contribution in [2.45, 2.75) is 46.1 Å². The highest BCUT2D eigenvalue weighted by atomic mass is 16.3. The zero-order chi connectivity index (χ0) is 15.5. The van der Waals surface area contributed by atoms with Gasteiger partial charge >= 0.3 is 0 Å². The Kier molecular flexibility index (Phi) is 5.02. The van der Waals surface area contributed by atoms with Crippen LogP contribution in [0.25, 0.3) is 6.08 Å². The molecule has 2 heteroatoms. The molecule has 0 aliphatic heterocycles. The predicted octanol–water partition coefficient (Wildman–Crippen LogP) is 4.22. The smallest absolute Gasteiger partial charge is 0.0912 e. The minimum Gasteiger partial charge on any atom is -0.387 e. The lowest BCUT2D eigenvalue weighted by Crippen LogP contribution is -2.18. The molecule has 0 amide bonds. The van der Waals surface area contributed by atoms with Gasteiger partial charge in [0.2, 0.25) is 0 Å². The summed E-state index contributed by atoms with van der Waals surface area (Å²) >= 11 is 0. The quantitative estimate of drug-likeness (QED) is 0.870. The Morgan fingerprint density at radius 1 is 1.33 bits per heavy atom. The summed E-state index contributed by atoms with van der Waals surface area (Å²) in [7, 11) is 0. The van der Waals surface area contributed by atoms with Crippen molar-refractivity contribution in [2.75, 3.05) is 6.54 Å². The molecule has 0 bridgehead atoms. The molecule has 2 nitrogen and oxygen atoms in total. The summed E-state index contributed by atoms with van der Waals surface area (Å²) < 4.78 is 0. The van der Waals surface area contributed by atoms with E-state index < -0.39 is 6.10 Å². The highest BCUT2D eigenvalue weighted by Gasteiger charge is 2.26. The van der Waals surface area contributed by atoms with Gasteiger partial charge in [0.05, 0.1) is 6.10 Å². The number of aliphatic hydroxyl groups is 1. The first kappa shape index (κ1) is 16.0. The van der Waals surface area contributed by atoms with E-state index in [2.05, 4.69) is 39.0 Å². The Labute approximate surface area is 128 Å². The first-order chi connectivity index (χ1) is 9.94. The molecule has 0 fully saturated rings. The third kappa shape index (κ3) is 3.84. The maximum Gasteiger partial charge on any atom is 0.0912 e. The van der Waals surface area contributed by atoms with Crippen LogP contribution in [0.1, 0.15) is 57.3 Å². The first-order valence-electron chi connectivity index (χ1n) is 7.80. The van der Waals surface area contributed by atoms with E-state index in [1.807, 2.05) is 18.2 Å². The summed E-state index contributed by atoms with van der Waals surface area (Å²) in [5.74, 6) is 0. The molecule has 1 aromatic rings. The van der Waals surface area contributed by atoms with Gasteiger partial charge in [0.1, 0.15) is 0 Å². The topological polar surface area (TPSA) is 46.2 Å². The Hall–Kier alpha value is -1.38. The second kappa shape index (κ2) is 6.59. The van der Waals surface area contributed by atoms with E-state index in [-0.39, 0.29) is 12.0 Å². The number of hydrogen-bond donors (Lipinski definition) is 2. The van der Waals surface area contributed by atoms with E-state index in [0.29, 0.717) is 0 Å². The van der Waals surface area contributed by atoms with Crippen LogP contribution in [0.3, 0.4) is 0 Å². The molecule has 0 spiro atoms. The van der Waals surface area contributed by atoms with Crippen LogP contribution in [0.5, 0.6) is 0 Å². The SMILES string of the molecule is CC1=C(C=Cc2cccc(C(O)CN)c2)C(C)(C)CCC1. The largest absolute Gasteiger partial charge is 0.387 e. The summed E-state index contributed by atoms with van der Waals surface area (Å²) in [4.78, 5) is 0. The van der Waals surface area contributed by atoms with Crippen molar-refractivity contribution < 1.29 is 5.11 Å². The molecule has 0 heterocycles. The second-order valence-corrected chi connectivity index (χ2v) is 6.69. The average molecular weight is 285 g/mol. The van der Waals surface area contributed by atoms with Gasteiger partial charge in [-0.05, 0) is 54.4 Å². The number of aliphatic hydroxyl groups excluding tert-OH is 1. The van der Waals surface area contributed by atoms with Crippen molar-refractivity contribution in [2.24, 2.45) is 11.1 Å². The van der Waals surface area contributed by atoms with Crippen LogP contribution >= 0.6 is 0 Å². The van der Waals surface area contributed by atoms with Gasteiger partial charge in [0.25, 0.3) is 0 Å². The highest BCUT2D eigenvalue weighted by Crippen LogP contribution is 2.40. The van der Waals surface area contributed by atoms with Gasteiger partial charge in [-0.3, -0.25) is 0 Å². The Morgan fingerprint density at radius 2 is 2.10 bits per heavy atom. The fraction of sp³-hybridized carbons (Fsp3) is 0.474. The summed E-state index contributed by atoms with van der Waals surface area (Å²) in [6.07, 6.45) is 7.56. The van der Waals surface area contributed by atoms with Crippen LogP contribution in [0, 0.1) is 5.41 Å². The lowest BCUT2D eigenvalue weighted by molar-refractivity contribution is 0.186. The maximum absolute atomic E-state index is 9.84. The summed E-state index contributed by atoms with van der Waals surface area (Å²) in [5, 5.41) is 9.84. The average Bonchev–Trinajstić information content (AvgIpc) is 2.45. The third-order valence-electron chi connectivity index (χ3n) is 4.50. The van der Waals surface area contributed by atoms with E-state index in [4.69, 9.17) is 5.73 Å². The van der Waals surface area contributed by atoms with E-state index in [1.165, 1.54) is 30.4 Å². The number of allylic oxidation sites excluding steroid dienone is 3. The van der Waals surface area contributed by atoms with Gasteiger partial charge < -0.3 is 10.8 Å². The van der Waals surface area contributed by atoms with Crippen molar-refractivity contribution in [3.8, 4) is 0 Å². The Balaban J connectivity index is 2.25. The number of nitrogens with two attached hydrogens (primary N) is 1. The molecule has 0 saturated heterocycles. The lowest BCUT2D eigenvalue weighted by atomic mass is 9.72. The van der Waals surface area contributed by atoms with Gasteiger partial charge in [0.15, 0.2) is 0 Å². The highest BCUT2D eigenvalue weighted by molar-refractivity contribution is 5.55. The normalized spacial score (nSPS) is 20.0. The number of benzene rings is 1. The van der Waals surface area contributed by atoms with Crippen LogP contribution in [-0.2, 0) is 0 Å². The second-order valence-electron chi connectivity index (χ2n) is 6.69.